The standard InChI is InChI=1S/C16H16ClF2NO/c1-20-15(8-11-7-12(18)4-5-13(11)17)10-3-6-14(19)16(9-10)21-2/h3-7,9,15,20H,8H2,1-2H3. The van der Waals surface area contributed by atoms with E-state index in [2.05, 4.69) is 5.32 Å². The third-order valence-corrected chi connectivity index (χ3v) is 3.73. The molecule has 0 aromatic heterocycles. The van der Waals surface area contributed by atoms with Crippen molar-refractivity contribution in [3.05, 3.63) is 64.2 Å². The van der Waals surface area contributed by atoms with E-state index in [0.717, 1.165) is 5.56 Å². The molecule has 0 aliphatic carbocycles. The van der Waals surface area contributed by atoms with E-state index in [-0.39, 0.29) is 17.6 Å². The van der Waals surface area contributed by atoms with E-state index in [4.69, 9.17) is 16.3 Å². The lowest BCUT2D eigenvalue weighted by molar-refractivity contribution is 0.385. The van der Waals surface area contributed by atoms with Gasteiger partial charge in [0, 0.05) is 11.1 Å². The van der Waals surface area contributed by atoms with Crippen molar-refractivity contribution in [1.29, 1.82) is 0 Å². The van der Waals surface area contributed by atoms with Crippen LogP contribution in [-0.2, 0) is 6.42 Å². The first-order valence-corrected chi connectivity index (χ1v) is 6.87. The van der Waals surface area contributed by atoms with Gasteiger partial charge in [-0.2, -0.15) is 0 Å². The van der Waals surface area contributed by atoms with Crippen LogP contribution in [0.15, 0.2) is 36.4 Å². The van der Waals surface area contributed by atoms with Crippen LogP contribution in [0.2, 0.25) is 5.02 Å². The molecule has 0 saturated heterocycles. The molecule has 21 heavy (non-hydrogen) atoms. The van der Waals surface area contributed by atoms with E-state index in [0.29, 0.717) is 17.0 Å². The monoisotopic (exact) mass is 311 g/mol. The van der Waals surface area contributed by atoms with Crippen LogP contribution in [-0.4, -0.2) is 14.2 Å². The van der Waals surface area contributed by atoms with Crippen LogP contribution >= 0.6 is 11.6 Å². The van der Waals surface area contributed by atoms with Gasteiger partial charge in [0.15, 0.2) is 11.6 Å². The zero-order valence-electron chi connectivity index (χ0n) is 11.8. The SMILES string of the molecule is CNC(Cc1cc(F)ccc1Cl)c1ccc(F)c(OC)c1. The number of methoxy groups -OCH3 is 1. The fourth-order valence-corrected chi connectivity index (χ4v) is 2.39. The topological polar surface area (TPSA) is 21.3 Å². The molecule has 0 spiro atoms. The summed E-state index contributed by atoms with van der Waals surface area (Å²) < 4.78 is 31.8. The van der Waals surface area contributed by atoms with E-state index in [1.165, 1.54) is 31.4 Å². The van der Waals surface area contributed by atoms with Crippen LogP contribution < -0.4 is 10.1 Å². The second kappa shape index (κ2) is 6.87. The van der Waals surface area contributed by atoms with Crippen molar-refractivity contribution in [3.8, 4) is 5.75 Å². The highest BCUT2D eigenvalue weighted by Crippen LogP contribution is 2.27. The molecule has 0 saturated carbocycles. The van der Waals surface area contributed by atoms with Crippen molar-refractivity contribution in [2.45, 2.75) is 12.5 Å². The molecular weight excluding hydrogens is 296 g/mol. The summed E-state index contributed by atoms with van der Waals surface area (Å²) >= 11 is 6.09. The third kappa shape index (κ3) is 3.71. The van der Waals surface area contributed by atoms with Crippen molar-refractivity contribution in [3.63, 3.8) is 0 Å². The first-order valence-electron chi connectivity index (χ1n) is 6.49. The lowest BCUT2D eigenvalue weighted by atomic mass is 9.98. The molecule has 2 nitrogen and oxygen atoms in total. The van der Waals surface area contributed by atoms with Gasteiger partial charge in [0.2, 0.25) is 0 Å². The summed E-state index contributed by atoms with van der Waals surface area (Å²) in [5.74, 6) is -0.570. The molecule has 0 fully saturated rings. The fourth-order valence-electron chi connectivity index (χ4n) is 2.20. The summed E-state index contributed by atoms with van der Waals surface area (Å²) in [5, 5.41) is 3.63. The van der Waals surface area contributed by atoms with Crippen molar-refractivity contribution in [2.24, 2.45) is 0 Å². The Balaban J connectivity index is 2.29. The van der Waals surface area contributed by atoms with E-state index in [1.807, 2.05) is 0 Å². The molecular formula is C16H16ClF2NO. The van der Waals surface area contributed by atoms with E-state index in [1.54, 1.807) is 19.2 Å². The minimum atomic E-state index is -0.417. The highest BCUT2D eigenvalue weighted by molar-refractivity contribution is 6.31. The van der Waals surface area contributed by atoms with Gasteiger partial charge in [0.25, 0.3) is 0 Å². The van der Waals surface area contributed by atoms with Crippen molar-refractivity contribution in [2.75, 3.05) is 14.2 Å². The highest BCUT2D eigenvalue weighted by Gasteiger charge is 2.15. The van der Waals surface area contributed by atoms with Crippen LogP contribution in [0.1, 0.15) is 17.2 Å². The summed E-state index contributed by atoms with van der Waals surface area (Å²) in [5.41, 5.74) is 1.54. The van der Waals surface area contributed by atoms with Gasteiger partial charge in [-0.25, -0.2) is 8.78 Å². The van der Waals surface area contributed by atoms with Crippen LogP contribution in [0.25, 0.3) is 0 Å². The molecule has 1 N–H and O–H groups in total. The van der Waals surface area contributed by atoms with E-state index >= 15 is 0 Å². The molecule has 1 unspecified atom stereocenters. The van der Waals surface area contributed by atoms with Gasteiger partial charge in [-0.15, -0.1) is 0 Å². The number of likely N-dealkylation sites (N-methyl/N-ethyl adjacent to an activating group) is 1. The van der Waals surface area contributed by atoms with Crippen LogP contribution in [0, 0.1) is 11.6 Å². The Kier molecular flexibility index (Phi) is 5.15. The second-order valence-corrected chi connectivity index (χ2v) is 5.08. The average Bonchev–Trinajstić information content (AvgIpc) is 2.49. The van der Waals surface area contributed by atoms with Gasteiger partial charge < -0.3 is 10.1 Å². The predicted octanol–water partition coefficient (Wildman–Crippen LogP) is 4.13. The third-order valence-electron chi connectivity index (χ3n) is 3.36. The Hall–Kier alpha value is -1.65. The van der Waals surface area contributed by atoms with Crippen molar-refractivity contribution >= 4 is 11.6 Å². The molecule has 0 amide bonds. The maximum atomic E-state index is 13.5. The Morgan fingerprint density at radius 3 is 2.62 bits per heavy atom. The number of hydrogen-bond donors (Lipinski definition) is 1. The normalized spacial score (nSPS) is 12.2. The molecule has 2 rings (SSSR count). The molecule has 1 atom stereocenters. The number of hydrogen-bond acceptors (Lipinski definition) is 2. The molecule has 0 aliphatic heterocycles. The molecule has 0 aliphatic rings. The lowest BCUT2D eigenvalue weighted by Crippen LogP contribution is -2.19. The van der Waals surface area contributed by atoms with Gasteiger partial charge >= 0.3 is 0 Å². The molecule has 2 aromatic rings. The lowest BCUT2D eigenvalue weighted by Gasteiger charge is -2.18. The minimum Gasteiger partial charge on any atom is -0.494 e. The molecule has 0 heterocycles. The fraction of sp³-hybridized carbons (Fsp3) is 0.250. The number of rotatable bonds is 5. The van der Waals surface area contributed by atoms with Gasteiger partial charge in [-0.1, -0.05) is 17.7 Å². The molecule has 112 valence electrons. The van der Waals surface area contributed by atoms with Crippen LogP contribution in [0.3, 0.4) is 0 Å². The van der Waals surface area contributed by atoms with Crippen LogP contribution in [0.5, 0.6) is 5.75 Å². The van der Waals surface area contributed by atoms with Gasteiger partial charge in [0.1, 0.15) is 5.82 Å². The van der Waals surface area contributed by atoms with Crippen molar-refractivity contribution in [1.82, 2.24) is 5.32 Å². The average molecular weight is 312 g/mol. The Morgan fingerprint density at radius 1 is 1.19 bits per heavy atom. The summed E-state index contributed by atoms with van der Waals surface area (Å²) in [6, 6.07) is 8.79. The summed E-state index contributed by atoms with van der Waals surface area (Å²) in [7, 11) is 3.20. The van der Waals surface area contributed by atoms with Gasteiger partial charge in [-0.3, -0.25) is 0 Å². The van der Waals surface area contributed by atoms with Crippen molar-refractivity contribution < 1.29 is 13.5 Å². The quantitative estimate of drug-likeness (QED) is 0.896. The number of halogens is 3. The molecule has 0 bridgehead atoms. The zero-order valence-corrected chi connectivity index (χ0v) is 12.5. The molecule has 5 heteroatoms. The Morgan fingerprint density at radius 2 is 1.95 bits per heavy atom. The smallest absolute Gasteiger partial charge is 0.165 e. The summed E-state index contributed by atoms with van der Waals surface area (Å²) in [6.07, 6.45) is 0.488. The highest BCUT2D eigenvalue weighted by atomic mass is 35.5. The van der Waals surface area contributed by atoms with Crippen LogP contribution in [0.4, 0.5) is 8.78 Å². The van der Waals surface area contributed by atoms with Gasteiger partial charge in [-0.05, 0) is 54.9 Å². The molecule has 2 aromatic carbocycles. The maximum Gasteiger partial charge on any atom is 0.165 e. The Bertz CT molecular complexity index is 634. The zero-order chi connectivity index (χ0) is 15.4. The number of nitrogens with one attached hydrogen (secondary N) is 1. The second-order valence-electron chi connectivity index (χ2n) is 4.68. The summed E-state index contributed by atoms with van der Waals surface area (Å²) in [4.78, 5) is 0. The Labute approximate surface area is 127 Å². The van der Waals surface area contributed by atoms with E-state index < -0.39 is 5.82 Å². The van der Waals surface area contributed by atoms with E-state index in [9.17, 15) is 8.78 Å². The first-order chi connectivity index (χ1) is 10.0. The first kappa shape index (κ1) is 15.7. The number of ether oxygens (including phenoxy) is 1. The minimum absolute atomic E-state index is 0.126. The largest absolute Gasteiger partial charge is 0.494 e. The van der Waals surface area contributed by atoms with Gasteiger partial charge in [0.05, 0.1) is 7.11 Å². The maximum absolute atomic E-state index is 13.5. The number of benzene rings is 2. The summed E-state index contributed by atoms with van der Waals surface area (Å²) in [6.45, 7) is 0. The predicted molar refractivity (Wildman–Crippen MR) is 79.9 cm³/mol. The molecule has 0 radical (unpaired) electrons.